The van der Waals surface area contributed by atoms with Crippen LogP contribution >= 0.6 is 11.3 Å². The maximum absolute atomic E-state index is 12.9. The summed E-state index contributed by atoms with van der Waals surface area (Å²) < 4.78 is 5.48. The summed E-state index contributed by atoms with van der Waals surface area (Å²) in [6.07, 6.45) is 4.32. The second-order valence-electron chi connectivity index (χ2n) is 6.94. The summed E-state index contributed by atoms with van der Waals surface area (Å²) in [6.45, 7) is 1.62. The molecule has 4 rings (SSSR count). The first-order valence-corrected chi connectivity index (χ1v) is 9.51. The largest absolute Gasteiger partial charge is 0.445 e. The number of fused-ring (bicyclic) bond motifs is 2. The van der Waals surface area contributed by atoms with Gasteiger partial charge in [0.25, 0.3) is 5.91 Å². The Hall–Kier alpha value is -2.65. The molecule has 5 nitrogen and oxygen atoms in total. The van der Waals surface area contributed by atoms with Crippen molar-refractivity contribution in [3.63, 3.8) is 0 Å². The summed E-state index contributed by atoms with van der Waals surface area (Å²) in [5.74, 6) is -0.883. The smallest absolute Gasteiger partial charge is 0.339 e. The van der Waals surface area contributed by atoms with Gasteiger partial charge in [0.2, 0.25) is 0 Å². The van der Waals surface area contributed by atoms with Crippen molar-refractivity contribution in [3.8, 4) is 6.07 Å². The molecule has 2 aromatic rings. The molecule has 0 spiro atoms. The topological polar surface area (TPSA) is 79.2 Å². The second kappa shape index (κ2) is 6.26. The van der Waals surface area contributed by atoms with Gasteiger partial charge in [-0.05, 0) is 49.8 Å². The normalized spacial score (nSPS) is 21.2. The molecule has 0 unspecified atom stereocenters. The SMILES string of the molecule is C[C@]1(C(=O)Nc2sc3c(c2C#N)CCCC3)Cc2ccccc2C(=O)O1. The number of carbonyl (C=O) groups excluding carboxylic acids is 2. The fourth-order valence-electron chi connectivity index (χ4n) is 3.67. The molecule has 1 amide bonds. The van der Waals surface area contributed by atoms with Crippen LogP contribution in [0.25, 0.3) is 0 Å². The highest BCUT2D eigenvalue weighted by atomic mass is 32.1. The minimum absolute atomic E-state index is 0.313. The van der Waals surface area contributed by atoms with E-state index < -0.39 is 17.5 Å². The first-order chi connectivity index (χ1) is 12.5. The molecule has 1 N–H and O–H groups in total. The Morgan fingerprint density at radius 3 is 2.88 bits per heavy atom. The van der Waals surface area contributed by atoms with Crippen LogP contribution in [0.2, 0.25) is 0 Å². The number of esters is 1. The van der Waals surface area contributed by atoms with Crippen LogP contribution < -0.4 is 5.32 Å². The number of cyclic esters (lactones) is 1. The van der Waals surface area contributed by atoms with Gasteiger partial charge < -0.3 is 10.1 Å². The number of carbonyl (C=O) groups is 2. The van der Waals surface area contributed by atoms with Crippen molar-refractivity contribution in [1.29, 1.82) is 5.26 Å². The molecule has 2 heterocycles. The van der Waals surface area contributed by atoms with Crippen LogP contribution in [-0.2, 0) is 28.8 Å². The number of anilines is 1. The van der Waals surface area contributed by atoms with E-state index in [1.807, 2.05) is 12.1 Å². The molecule has 26 heavy (non-hydrogen) atoms. The first kappa shape index (κ1) is 16.8. The maximum Gasteiger partial charge on any atom is 0.339 e. The molecule has 1 aromatic carbocycles. The van der Waals surface area contributed by atoms with Gasteiger partial charge in [-0.1, -0.05) is 18.2 Å². The third kappa shape index (κ3) is 2.69. The van der Waals surface area contributed by atoms with Crippen LogP contribution in [0, 0.1) is 11.3 Å². The Morgan fingerprint density at radius 2 is 2.08 bits per heavy atom. The molecule has 2 aliphatic rings. The van der Waals surface area contributed by atoms with Gasteiger partial charge >= 0.3 is 5.97 Å². The minimum Gasteiger partial charge on any atom is -0.445 e. The lowest BCUT2D eigenvalue weighted by molar-refractivity contribution is -0.134. The van der Waals surface area contributed by atoms with Crippen molar-refractivity contribution in [2.45, 2.75) is 44.6 Å². The number of amides is 1. The average Bonchev–Trinajstić information content (AvgIpc) is 2.98. The Labute approximate surface area is 155 Å². The summed E-state index contributed by atoms with van der Waals surface area (Å²) in [7, 11) is 0. The Bertz CT molecular complexity index is 956. The van der Waals surface area contributed by atoms with Crippen molar-refractivity contribution in [1.82, 2.24) is 0 Å². The lowest BCUT2D eigenvalue weighted by Crippen LogP contribution is -2.48. The molecule has 1 atom stereocenters. The number of ether oxygens (including phenoxy) is 1. The number of nitriles is 1. The highest BCUT2D eigenvalue weighted by molar-refractivity contribution is 7.16. The maximum atomic E-state index is 12.9. The molecule has 0 saturated carbocycles. The molecule has 0 fully saturated rings. The highest BCUT2D eigenvalue weighted by Gasteiger charge is 2.43. The van der Waals surface area contributed by atoms with Gasteiger partial charge in [0.05, 0.1) is 11.1 Å². The number of nitrogens with zero attached hydrogens (tertiary/aromatic N) is 1. The number of rotatable bonds is 2. The van der Waals surface area contributed by atoms with Gasteiger partial charge in [0.15, 0.2) is 5.60 Å². The fourth-order valence-corrected chi connectivity index (χ4v) is 4.90. The Kier molecular flexibility index (Phi) is 4.04. The summed E-state index contributed by atoms with van der Waals surface area (Å²) in [6, 6.07) is 9.40. The third-order valence-electron chi connectivity index (χ3n) is 5.07. The predicted octanol–water partition coefficient (Wildman–Crippen LogP) is 3.61. The summed E-state index contributed by atoms with van der Waals surface area (Å²) >= 11 is 1.47. The number of thiophene rings is 1. The minimum atomic E-state index is -1.29. The molecular formula is C20H18N2O3S. The molecule has 6 heteroatoms. The number of hydrogen-bond donors (Lipinski definition) is 1. The van der Waals surface area contributed by atoms with Crippen molar-refractivity contribution in [2.24, 2.45) is 0 Å². The van der Waals surface area contributed by atoms with Crippen LogP contribution in [0.15, 0.2) is 24.3 Å². The highest BCUT2D eigenvalue weighted by Crippen LogP contribution is 2.38. The van der Waals surface area contributed by atoms with Gasteiger partial charge in [0, 0.05) is 11.3 Å². The zero-order chi connectivity index (χ0) is 18.3. The standard InChI is InChI=1S/C20H18N2O3S/c1-20(10-12-6-2-3-7-13(12)18(23)25-20)19(24)22-17-15(11-21)14-8-4-5-9-16(14)26-17/h2-3,6-7H,4-5,8-10H2,1H3,(H,22,24)/t20-/m1/s1. The van der Waals surface area contributed by atoms with E-state index in [4.69, 9.17) is 4.74 Å². The first-order valence-electron chi connectivity index (χ1n) is 8.69. The van der Waals surface area contributed by atoms with E-state index >= 15 is 0 Å². The van der Waals surface area contributed by atoms with Gasteiger partial charge in [-0.3, -0.25) is 4.79 Å². The molecule has 0 saturated heterocycles. The summed E-state index contributed by atoms with van der Waals surface area (Å²) in [5.41, 5.74) is 1.64. The predicted molar refractivity (Wildman–Crippen MR) is 98.3 cm³/mol. The van der Waals surface area contributed by atoms with Gasteiger partial charge in [0.1, 0.15) is 11.1 Å². The number of nitrogens with one attached hydrogen (secondary N) is 1. The molecule has 1 aliphatic heterocycles. The van der Waals surface area contributed by atoms with Crippen molar-refractivity contribution < 1.29 is 14.3 Å². The summed E-state index contributed by atoms with van der Waals surface area (Å²) in [5, 5.41) is 13.0. The molecule has 1 aliphatic carbocycles. The van der Waals surface area contributed by atoms with E-state index in [1.54, 1.807) is 19.1 Å². The van der Waals surface area contributed by atoms with Crippen LogP contribution in [-0.4, -0.2) is 17.5 Å². The number of benzene rings is 1. The van der Waals surface area contributed by atoms with Crippen molar-refractivity contribution in [3.05, 3.63) is 51.4 Å². The fraction of sp³-hybridized carbons (Fsp3) is 0.350. The Morgan fingerprint density at radius 1 is 1.31 bits per heavy atom. The average molecular weight is 366 g/mol. The molecular weight excluding hydrogens is 348 g/mol. The number of aryl methyl sites for hydroxylation is 1. The Balaban J connectivity index is 1.62. The second-order valence-corrected chi connectivity index (χ2v) is 8.04. The van der Waals surface area contributed by atoms with Crippen molar-refractivity contribution in [2.75, 3.05) is 5.32 Å². The van der Waals surface area contributed by atoms with Gasteiger partial charge in [-0.25, -0.2) is 4.79 Å². The van der Waals surface area contributed by atoms with Crippen LogP contribution in [0.5, 0.6) is 0 Å². The molecule has 0 bridgehead atoms. The quantitative estimate of drug-likeness (QED) is 0.824. The van der Waals surface area contributed by atoms with E-state index in [9.17, 15) is 14.9 Å². The lowest BCUT2D eigenvalue weighted by atomic mass is 9.89. The molecule has 1 aromatic heterocycles. The zero-order valence-corrected chi connectivity index (χ0v) is 15.2. The van der Waals surface area contributed by atoms with E-state index in [1.165, 1.54) is 16.2 Å². The van der Waals surface area contributed by atoms with Gasteiger partial charge in [-0.15, -0.1) is 11.3 Å². The van der Waals surface area contributed by atoms with Crippen LogP contribution in [0.4, 0.5) is 5.00 Å². The lowest BCUT2D eigenvalue weighted by Gasteiger charge is -2.32. The monoisotopic (exact) mass is 366 g/mol. The van der Waals surface area contributed by atoms with Crippen LogP contribution in [0.1, 0.15) is 51.7 Å². The molecule has 132 valence electrons. The molecule has 0 radical (unpaired) electrons. The van der Waals surface area contributed by atoms with E-state index in [2.05, 4.69) is 11.4 Å². The van der Waals surface area contributed by atoms with E-state index in [0.717, 1.165) is 36.8 Å². The summed E-state index contributed by atoms with van der Waals surface area (Å²) in [4.78, 5) is 26.4. The zero-order valence-electron chi connectivity index (χ0n) is 14.4. The van der Waals surface area contributed by atoms with Crippen molar-refractivity contribution >= 4 is 28.2 Å². The van der Waals surface area contributed by atoms with E-state index in [-0.39, 0.29) is 0 Å². The third-order valence-corrected chi connectivity index (χ3v) is 6.28. The van der Waals surface area contributed by atoms with Gasteiger partial charge in [-0.2, -0.15) is 5.26 Å². The van der Waals surface area contributed by atoms with E-state index in [0.29, 0.717) is 22.5 Å². The van der Waals surface area contributed by atoms with Crippen LogP contribution in [0.3, 0.4) is 0 Å². The number of hydrogen-bond acceptors (Lipinski definition) is 5.